The molecule has 5 nitrogen and oxygen atoms in total. The topological polar surface area (TPSA) is 71.1 Å². The molecule has 7 heteroatoms. The predicted molar refractivity (Wildman–Crippen MR) is 75.7 cm³/mol. The lowest BCUT2D eigenvalue weighted by molar-refractivity contribution is 0.595. The molecular weight excluding hydrogens is 281 g/mol. The summed E-state index contributed by atoms with van der Waals surface area (Å²) in [4.78, 5) is 3.83. The van der Waals surface area contributed by atoms with Crippen molar-refractivity contribution in [1.82, 2.24) is 4.98 Å². The van der Waals surface area contributed by atoms with E-state index in [2.05, 4.69) is 15.0 Å². The van der Waals surface area contributed by atoms with E-state index in [9.17, 15) is 12.8 Å². The number of aromatic nitrogens is 1. The number of pyridine rings is 1. The molecule has 20 heavy (non-hydrogen) atoms. The number of sulfonamides is 1. The van der Waals surface area contributed by atoms with E-state index in [-0.39, 0.29) is 10.7 Å². The fourth-order valence-corrected chi connectivity index (χ4v) is 2.90. The number of benzene rings is 1. The summed E-state index contributed by atoms with van der Waals surface area (Å²) >= 11 is 0. The summed E-state index contributed by atoms with van der Waals surface area (Å²) in [6, 6.07) is 7.45. The van der Waals surface area contributed by atoms with Crippen molar-refractivity contribution in [3.8, 4) is 0 Å². The molecule has 1 aromatic carbocycles. The summed E-state index contributed by atoms with van der Waals surface area (Å²) in [5.41, 5.74) is 0.940. The number of anilines is 2. The molecule has 0 radical (unpaired) electrons. The van der Waals surface area contributed by atoms with Crippen molar-refractivity contribution in [2.45, 2.75) is 11.9 Å². The summed E-state index contributed by atoms with van der Waals surface area (Å²) in [5.74, 6) is -0.629. The monoisotopic (exact) mass is 295 g/mol. The third-order valence-corrected chi connectivity index (χ3v) is 3.99. The summed E-state index contributed by atoms with van der Waals surface area (Å²) in [6.07, 6.45) is 1.36. The van der Waals surface area contributed by atoms with E-state index in [1.54, 1.807) is 32.2 Å². The van der Waals surface area contributed by atoms with E-state index in [0.29, 0.717) is 11.3 Å². The SMILES string of the molecule is CNc1cccnc1S(=O)(=O)Nc1ccc(C)cc1F. The predicted octanol–water partition coefficient (Wildman–Crippen LogP) is 2.37. The van der Waals surface area contributed by atoms with Gasteiger partial charge in [-0.15, -0.1) is 0 Å². The molecule has 1 heterocycles. The van der Waals surface area contributed by atoms with Gasteiger partial charge in [0.1, 0.15) is 5.82 Å². The van der Waals surface area contributed by atoms with Crippen LogP contribution in [0.25, 0.3) is 0 Å². The van der Waals surface area contributed by atoms with Gasteiger partial charge in [0.05, 0.1) is 11.4 Å². The van der Waals surface area contributed by atoms with Gasteiger partial charge in [-0.3, -0.25) is 4.72 Å². The Morgan fingerprint density at radius 2 is 1.95 bits per heavy atom. The van der Waals surface area contributed by atoms with E-state index >= 15 is 0 Å². The van der Waals surface area contributed by atoms with Crippen molar-refractivity contribution in [2.75, 3.05) is 17.1 Å². The zero-order chi connectivity index (χ0) is 14.8. The van der Waals surface area contributed by atoms with Crippen molar-refractivity contribution in [3.63, 3.8) is 0 Å². The lowest BCUT2D eigenvalue weighted by Gasteiger charge is -2.11. The van der Waals surface area contributed by atoms with Gasteiger partial charge in [0, 0.05) is 13.2 Å². The summed E-state index contributed by atoms with van der Waals surface area (Å²) < 4.78 is 40.4. The van der Waals surface area contributed by atoms with E-state index < -0.39 is 15.8 Å². The van der Waals surface area contributed by atoms with Crippen LogP contribution in [0.5, 0.6) is 0 Å². The fraction of sp³-hybridized carbons (Fsp3) is 0.154. The zero-order valence-electron chi connectivity index (χ0n) is 11.0. The summed E-state index contributed by atoms with van der Waals surface area (Å²) in [7, 11) is -2.37. The van der Waals surface area contributed by atoms with E-state index in [1.807, 2.05) is 0 Å². The molecule has 0 amide bonds. The number of hydrogen-bond donors (Lipinski definition) is 2. The molecule has 106 valence electrons. The second-order valence-corrected chi connectivity index (χ2v) is 5.79. The van der Waals surface area contributed by atoms with E-state index in [4.69, 9.17) is 0 Å². The molecule has 2 aromatic rings. The lowest BCUT2D eigenvalue weighted by Crippen LogP contribution is -2.17. The number of nitrogens with one attached hydrogen (secondary N) is 2. The van der Waals surface area contributed by atoms with Gasteiger partial charge in [-0.05, 0) is 36.8 Å². The van der Waals surface area contributed by atoms with Crippen molar-refractivity contribution >= 4 is 21.4 Å². The van der Waals surface area contributed by atoms with Crippen LogP contribution < -0.4 is 10.0 Å². The normalized spacial score (nSPS) is 11.2. The first-order valence-corrected chi connectivity index (χ1v) is 7.34. The molecule has 0 atom stereocenters. The van der Waals surface area contributed by atoms with Gasteiger partial charge in [-0.25, -0.2) is 9.37 Å². The van der Waals surface area contributed by atoms with Crippen molar-refractivity contribution < 1.29 is 12.8 Å². The maximum Gasteiger partial charge on any atom is 0.281 e. The second kappa shape index (κ2) is 5.46. The first-order valence-electron chi connectivity index (χ1n) is 5.86. The number of aryl methyl sites for hydroxylation is 1. The molecule has 0 unspecified atom stereocenters. The van der Waals surface area contributed by atoms with Crippen LogP contribution in [-0.2, 0) is 10.0 Å². The lowest BCUT2D eigenvalue weighted by atomic mass is 10.2. The van der Waals surface area contributed by atoms with Gasteiger partial charge < -0.3 is 5.32 Å². The van der Waals surface area contributed by atoms with E-state index in [1.165, 1.54) is 18.3 Å². The molecule has 0 saturated heterocycles. The van der Waals surface area contributed by atoms with Crippen molar-refractivity contribution in [2.24, 2.45) is 0 Å². The molecule has 0 bridgehead atoms. The van der Waals surface area contributed by atoms with Crippen LogP contribution in [0.3, 0.4) is 0 Å². The second-order valence-electron chi connectivity index (χ2n) is 4.19. The van der Waals surface area contributed by atoms with E-state index in [0.717, 1.165) is 0 Å². The average molecular weight is 295 g/mol. The molecule has 2 rings (SSSR count). The molecule has 0 aliphatic heterocycles. The molecular formula is C13H14FN3O2S. The highest BCUT2D eigenvalue weighted by Gasteiger charge is 2.21. The Balaban J connectivity index is 2.41. The van der Waals surface area contributed by atoms with Crippen LogP contribution in [0.1, 0.15) is 5.56 Å². The van der Waals surface area contributed by atoms with Crippen LogP contribution in [0.15, 0.2) is 41.6 Å². The van der Waals surface area contributed by atoms with Crippen LogP contribution in [-0.4, -0.2) is 20.4 Å². The fourth-order valence-electron chi connectivity index (χ4n) is 1.69. The maximum atomic E-state index is 13.7. The first kappa shape index (κ1) is 14.3. The molecule has 1 aromatic heterocycles. The first-order chi connectivity index (χ1) is 9.44. The Hall–Kier alpha value is -2.15. The molecule has 2 N–H and O–H groups in total. The minimum Gasteiger partial charge on any atom is -0.386 e. The summed E-state index contributed by atoms with van der Waals surface area (Å²) in [5, 5.41) is 2.56. The van der Waals surface area contributed by atoms with Gasteiger partial charge >= 0.3 is 0 Å². The highest BCUT2D eigenvalue weighted by molar-refractivity contribution is 7.92. The van der Waals surface area contributed by atoms with Crippen molar-refractivity contribution in [1.29, 1.82) is 0 Å². The van der Waals surface area contributed by atoms with Crippen molar-refractivity contribution in [3.05, 3.63) is 47.9 Å². The number of halogens is 1. The summed E-state index contributed by atoms with van der Waals surface area (Å²) in [6.45, 7) is 1.72. The Morgan fingerprint density at radius 3 is 2.60 bits per heavy atom. The minimum absolute atomic E-state index is 0.108. The zero-order valence-corrected chi connectivity index (χ0v) is 11.8. The Morgan fingerprint density at radius 1 is 1.20 bits per heavy atom. The molecule has 0 aliphatic rings. The third-order valence-electron chi connectivity index (χ3n) is 2.66. The number of hydrogen-bond acceptors (Lipinski definition) is 4. The van der Waals surface area contributed by atoms with Gasteiger partial charge in [-0.2, -0.15) is 8.42 Å². The minimum atomic E-state index is -3.96. The van der Waals surface area contributed by atoms with Gasteiger partial charge in [-0.1, -0.05) is 6.07 Å². The largest absolute Gasteiger partial charge is 0.386 e. The molecule has 0 saturated carbocycles. The molecule has 0 fully saturated rings. The Bertz CT molecular complexity index is 732. The van der Waals surface area contributed by atoms with Crippen LogP contribution >= 0.6 is 0 Å². The average Bonchev–Trinajstić information content (AvgIpc) is 2.42. The number of nitrogens with zero attached hydrogens (tertiary/aromatic N) is 1. The van der Waals surface area contributed by atoms with Gasteiger partial charge in [0.2, 0.25) is 0 Å². The highest BCUT2D eigenvalue weighted by Crippen LogP contribution is 2.23. The Labute approximate surface area is 116 Å². The highest BCUT2D eigenvalue weighted by atomic mass is 32.2. The standard InChI is InChI=1S/C13H14FN3O2S/c1-9-5-6-11(10(14)8-9)17-20(18,19)13-12(15-2)4-3-7-16-13/h3-8,15,17H,1-2H3. The van der Waals surface area contributed by atoms with Crippen LogP contribution in [0.2, 0.25) is 0 Å². The van der Waals surface area contributed by atoms with Gasteiger partial charge in [0.25, 0.3) is 10.0 Å². The quantitative estimate of drug-likeness (QED) is 0.908. The van der Waals surface area contributed by atoms with Gasteiger partial charge in [0.15, 0.2) is 5.03 Å². The molecule has 0 aliphatic carbocycles. The molecule has 0 spiro atoms. The number of rotatable bonds is 4. The smallest absolute Gasteiger partial charge is 0.281 e. The van der Waals surface area contributed by atoms with Crippen LogP contribution in [0.4, 0.5) is 15.8 Å². The third kappa shape index (κ3) is 2.88. The van der Waals surface area contributed by atoms with Crippen LogP contribution in [0, 0.1) is 12.7 Å². The maximum absolute atomic E-state index is 13.7. The Kier molecular flexibility index (Phi) is 3.89.